The van der Waals surface area contributed by atoms with Crippen molar-refractivity contribution >= 4 is 33.3 Å². The number of fused-ring (bicyclic) bond motifs is 7. The number of nitrogens with zero attached hydrogens (tertiary/aromatic N) is 1. The maximum Gasteiger partial charge on any atom is 0.411 e. The second kappa shape index (κ2) is 7.36. The first kappa shape index (κ1) is 19.0. The van der Waals surface area contributed by atoms with Crippen LogP contribution in [0, 0.1) is 0 Å². The second-order valence-corrected chi connectivity index (χ2v) is 8.06. The lowest BCUT2D eigenvalue weighted by atomic mass is 9.85. The SMILES string of the molecule is COC(=O)Nc1ccc2c3c(c4cc(OC)c(OC)cc4c2c1)CN1CCC[C@H]1C3. The summed E-state index contributed by atoms with van der Waals surface area (Å²) < 4.78 is 16.0. The molecule has 156 valence electrons. The molecule has 2 aliphatic rings. The maximum absolute atomic E-state index is 11.7. The average Bonchev–Trinajstić information content (AvgIpc) is 3.24. The Morgan fingerprint density at radius 2 is 1.70 bits per heavy atom. The number of benzene rings is 3. The molecular weight excluding hydrogens is 380 g/mol. The molecular formula is C24H26N2O4. The molecule has 6 heteroatoms. The highest BCUT2D eigenvalue weighted by molar-refractivity contribution is 6.13. The largest absolute Gasteiger partial charge is 0.493 e. The number of carbonyl (C=O) groups is 1. The van der Waals surface area contributed by atoms with Gasteiger partial charge in [0.05, 0.1) is 21.3 Å². The quantitative estimate of drug-likeness (QED) is 0.639. The Balaban J connectivity index is 1.80. The molecule has 1 atom stereocenters. The number of ether oxygens (including phenoxy) is 3. The number of hydrogen-bond acceptors (Lipinski definition) is 5. The van der Waals surface area contributed by atoms with E-state index in [1.54, 1.807) is 14.2 Å². The van der Waals surface area contributed by atoms with Crippen molar-refractivity contribution < 1.29 is 19.0 Å². The monoisotopic (exact) mass is 406 g/mol. The Kier molecular flexibility index (Phi) is 4.66. The van der Waals surface area contributed by atoms with Crippen LogP contribution in [0.1, 0.15) is 24.0 Å². The van der Waals surface area contributed by atoms with Crippen molar-refractivity contribution in [3.63, 3.8) is 0 Å². The minimum atomic E-state index is -0.475. The number of rotatable bonds is 3. The van der Waals surface area contributed by atoms with Crippen LogP contribution in [0.25, 0.3) is 21.5 Å². The van der Waals surface area contributed by atoms with Gasteiger partial charge in [-0.05, 0) is 82.7 Å². The smallest absolute Gasteiger partial charge is 0.411 e. The van der Waals surface area contributed by atoms with Crippen molar-refractivity contribution in [2.45, 2.75) is 31.8 Å². The van der Waals surface area contributed by atoms with E-state index in [1.165, 1.54) is 48.4 Å². The first-order valence-corrected chi connectivity index (χ1v) is 10.3. The lowest BCUT2D eigenvalue weighted by Crippen LogP contribution is -2.35. The van der Waals surface area contributed by atoms with Gasteiger partial charge in [-0.25, -0.2) is 4.79 Å². The van der Waals surface area contributed by atoms with E-state index < -0.39 is 6.09 Å². The Bertz CT molecular complexity index is 1160. The Morgan fingerprint density at radius 3 is 2.43 bits per heavy atom. The Hall–Kier alpha value is -2.99. The van der Waals surface area contributed by atoms with Crippen LogP contribution < -0.4 is 14.8 Å². The minimum absolute atomic E-state index is 0.475. The van der Waals surface area contributed by atoms with Gasteiger partial charge in [-0.15, -0.1) is 0 Å². The van der Waals surface area contributed by atoms with Crippen molar-refractivity contribution in [3.8, 4) is 11.5 Å². The van der Waals surface area contributed by atoms with Gasteiger partial charge in [0.25, 0.3) is 0 Å². The van der Waals surface area contributed by atoms with E-state index in [-0.39, 0.29) is 0 Å². The van der Waals surface area contributed by atoms with Crippen LogP contribution >= 0.6 is 0 Å². The third-order valence-corrected chi connectivity index (χ3v) is 6.58. The fourth-order valence-corrected chi connectivity index (χ4v) is 5.14. The van der Waals surface area contributed by atoms with E-state index in [0.29, 0.717) is 17.5 Å². The predicted octanol–water partition coefficient (Wildman–Crippen LogP) is 4.71. The van der Waals surface area contributed by atoms with Crippen LogP contribution in [-0.4, -0.2) is 44.9 Å². The summed E-state index contributed by atoms with van der Waals surface area (Å²) in [5.74, 6) is 1.44. The molecule has 2 aliphatic heterocycles. The third kappa shape index (κ3) is 2.94. The van der Waals surface area contributed by atoms with E-state index in [4.69, 9.17) is 14.2 Å². The van der Waals surface area contributed by atoms with Crippen molar-refractivity contribution in [3.05, 3.63) is 41.5 Å². The molecule has 1 N–H and O–H groups in total. The van der Waals surface area contributed by atoms with E-state index >= 15 is 0 Å². The molecule has 6 nitrogen and oxygen atoms in total. The summed E-state index contributed by atoms with van der Waals surface area (Å²) in [6.07, 6.45) is 3.10. The second-order valence-electron chi connectivity index (χ2n) is 8.06. The third-order valence-electron chi connectivity index (χ3n) is 6.58. The highest BCUT2D eigenvalue weighted by Crippen LogP contribution is 2.44. The molecule has 1 amide bonds. The fraction of sp³-hybridized carbons (Fsp3) is 0.375. The van der Waals surface area contributed by atoms with Crippen LogP contribution in [0.15, 0.2) is 30.3 Å². The van der Waals surface area contributed by atoms with Gasteiger partial charge in [0, 0.05) is 18.3 Å². The zero-order valence-corrected chi connectivity index (χ0v) is 17.6. The van der Waals surface area contributed by atoms with Gasteiger partial charge in [-0.2, -0.15) is 0 Å². The van der Waals surface area contributed by atoms with E-state index in [1.807, 2.05) is 12.1 Å². The average molecular weight is 406 g/mol. The van der Waals surface area contributed by atoms with Gasteiger partial charge >= 0.3 is 6.09 Å². The lowest BCUT2D eigenvalue weighted by molar-refractivity contribution is 0.187. The van der Waals surface area contributed by atoms with Gasteiger partial charge in [0.2, 0.25) is 0 Å². The predicted molar refractivity (Wildman–Crippen MR) is 118 cm³/mol. The van der Waals surface area contributed by atoms with Gasteiger partial charge in [-0.1, -0.05) is 6.07 Å². The van der Waals surface area contributed by atoms with Gasteiger partial charge in [-0.3, -0.25) is 10.2 Å². The van der Waals surface area contributed by atoms with Crippen molar-refractivity contribution in [1.29, 1.82) is 0 Å². The van der Waals surface area contributed by atoms with E-state index in [0.717, 1.165) is 29.5 Å². The standard InChI is InChI=1S/C24H26N2O4/c1-28-22-11-19-17-9-14(25-24(27)30-3)6-7-16(17)18-10-15-5-4-8-26(15)13-21(18)20(19)12-23(22)29-2/h6-7,9,11-12,15H,4-5,8,10,13H2,1-3H3,(H,25,27)/t15-/m0/s1. The number of carbonyl (C=O) groups excluding carboxylic acids is 1. The fourth-order valence-electron chi connectivity index (χ4n) is 5.14. The first-order chi connectivity index (χ1) is 14.6. The lowest BCUT2D eigenvalue weighted by Gasteiger charge is -2.33. The molecule has 2 heterocycles. The van der Waals surface area contributed by atoms with Crippen LogP contribution in [0.2, 0.25) is 0 Å². The summed E-state index contributed by atoms with van der Waals surface area (Å²) in [4.78, 5) is 14.4. The number of amides is 1. The maximum atomic E-state index is 11.7. The topological polar surface area (TPSA) is 60.0 Å². The van der Waals surface area contributed by atoms with Gasteiger partial charge in [0.15, 0.2) is 11.5 Å². The summed E-state index contributed by atoms with van der Waals surface area (Å²) in [5.41, 5.74) is 3.51. The summed E-state index contributed by atoms with van der Waals surface area (Å²) in [6.45, 7) is 2.13. The number of nitrogens with one attached hydrogen (secondary N) is 1. The van der Waals surface area contributed by atoms with Crippen molar-refractivity contribution in [2.24, 2.45) is 0 Å². The molecule has 1 saturated heterocycles. The number of hydrogen-bond donors (Lipinski definition) is 1. The molecule has 3 aromatic rings. The van der Waals surface area contributed by atoms with Crippen LogP contribution in [0.4, 0.5) is 10.5 Å². The zero-order valence-electron chi connectivity index (χ0n) is 17.6. The molecule has 30 heavy (non-hydrogen) atoms. The van der Waals surface area contributed by atoms with Crippen molar-refractivity contribution in [1.82, 2.24) is 4.90 Å². The molecule has 0 aliphatic carbocycles. The molecule has 5 rings (SSSR count). The first-order valence-electron chi connectivity index (χ1n) is 10.3. The van der Waals surface area contributed by atoms with E-state index in [2.05, 4.69) is 28.4 Å². The molecule has 0 aromatic heterocycles. The molecule has 3 aromatic carbocycles. The van der Waals surface area contributed by atoms with Crippen molar-refractivity contribution in [2.75, 3.05) is 33.2 Å². The normalized spacial score (nSPS) is 18.2. The number of methoxy groups -OCH3 is 3. The molecule has 0 radical (unpaired) electrons. The number of anilines is 1. The zero-order chi connectivity index (χ0) is 20.8. The highest BCUT2D eigenvalue weighted by Gasteiger charge is 2.32. The molecule has 1 fully saturated rings. The van der Waals surface area contributed by atoms with Crippen LogP contribution in [0.3, 0.4) is 0 Å². The molecule has 0 bridgehead atoms. The molecule has 0 spiro atoms. The Morgan fingerprint density at radius 1 is 0.967 bits per heavy atom. The molecule has 0 saturated carbocycles. The minimum Gasteiger partial charge on any atom is -0.493 e. The van der Waals surface area contributed by atoms with Crippen LogP contribution in [0.5, 0.6) is 11.5 Å². The van der Waals surface area contributed by atoms with Gasteiger partial charge in [0.1, 0.15) is 0 Å². The Labute approximate surface area is 175 Å². The summed E-state index contributed by atoms with van der Waals surface area (Å²) in [7, 11) is 4.70. The molecule has 0 unspecified atom stereocenters. The summed E-state index contributed by atoms with van der Waals surface area (Å²) in [5, 5.41) is 7.43. The van der Waals surface area contributed by atoms with Crippen LogP contribution in [-0.2, 0) is 17.7 Å². The summed E-state index contributed by atoms with van der Waals surface area (Å²) >= 11 is 0. The highest BCUT2D eigenvalue weighted by atomic mass is 16.5. The van der Waals surface area contributed by atoms with Gasteiger partial charge < -0.3 is 14.2 Å². The van der Waals surface area contributed by atoms with E-state index in [9.17, 15) is 4.79 Å². The summed E-state index contributed by atoms with van der Waals surface area (Å²) in [6, 6.07) is 10.9.